The monoisotopic (exact) mass is 196 g/mol. The normalized spacial score (nSPS) is 9.86. The number of amides is 1. The SMILES string of the molecule is CCCCC(=O)Nc1ccc(F)nc1. The van der Waals surface area contributed by atoms with Crippen molar-refractivity contribution in [3.63, 3.8) is 0 Å². The standard InChI is InChI=1S/C10H13FN2O/c1-2-3-4-10(14)13-8-5-6-9(11)12-7-8/h5-7H,2-4H2,1H3,(H,13,14). The Bertz CT molecular complexity index is 297. The molecular formula is C10H13FN2O. The summed E-state index contributed by atoms with van der Waals surface area (Å²) in [5.41, 5.74) is 0.535. The minimum Gasteiger partial charge on any atom is -0.325 e. The number of aromatic nitrogens is 1. The topological polar surface area (TPSA) is 42.0 Å². The van der Waals surface area contributed by atoms with E-state index in [1.54, 1.807) is 0 Å². The van der Waals surface area contributed by atoms with Crippen molar-refractivity contribution in [2.45, 2.75) is 26.2 Å². The molecule has 0 aliphatic heterocycles. The Balaban J connectivity index is 2.44. The molecule has 0 atom stereocenters. The fraction of sp³-hybridized carbons (Fsp3) is 0.400. The van der Waals surface area contributed by atoms with Crippen LogP contribution in [0, 0.1) is 5.95 Å². The van der Waals surface area contributed by atoms with Gasteiger partial charge in [0.25, 0.3) is 0 Å². The van der Waals surface area contributed by atoms with E-state index >= 15 is 0 Å². The Morgan fingerprint density at radius 2 is 2.36 bits per heavy atom. The molecule has 0 unspecified atom stereocenters. The van der Waals surface area contributed by atoms with Crippen LogP contribution in [0.15, 0.2) is 18.3 Å². The molecule has 0 aromatic carbocycles. The Morgan fingerprint density at radius 1 is 1.57 bits per heavy atom. The summed E-state index contributed by atoms with van der Waals surface area (Å²) in [6.07, 6.45) is 3.64. The maximum Gasteiger partial charge on any atom is 0.224 e. The van der Waals surface area contributed by atoms with Crippen LogP contribution in [0.4, 0.5) is 10.1 Å². The van der Waals surface area contributed by atoms with E-state index in [1.807, 2.05) is 6.92 Å². The smallest absolute Gasteiger partial charge is 0.224 e. The van der Waals surface area contributed by atoms with Gasteiger partial charge in [-0.25, -0.2) is 4.98 Å². The third-order valence-corrected chi connectivity index (χ3v) is 1.77. The maximum absolute atomic E-state index is 12.4. The van der Waals surface area contributed by atoms with Gasteiger partial charge in [0.2, 0.25) is 11.9 Å². The average molecular weight is 196 g/mol. The highest BCUT2D eigenvalue weighted by atomic mass is 19.1. The van der Waals surface area contributed by atoms with Crippen LogP contribution in [-0.2, 0) is 4.79 Å². The molecule has 0 saturated heterocycles. The first-order valence-electron chi connectivity index (χ1n) is 4.63. The van der Waals surface area contributed by atoms with Crippen molar-refractivity contribution in [1.82, 2.24) is 4.98 Å². The molecule has 14 heavy (non-hydrogen) atoms. The summed E-state index contributed by atoms with van der Waals surface area (Å²) in [5.74, 6) is -0.600. The summed E-state index contributed by atoms with van der Waals surface area (Å²) in [6.45, 7) is 2.02. The lowest BCUT2D eigenvalue weighted by Crippen LogP contribution is -2.11. The number of carbonyl (C=O) groups is 1. The van der Waals surface area contributed by atoms with E-state index in [4.69, 9.17) is 0 Å². The van der Waals surface area contributed by atoms with Crippen molar-refractivity contribution in [2.24, 2.45) is 0 Å². The second-order valence-corrected chi connectivity index (χ2v) is 3.02. The van der Waals surface area contributed by atoms with E-state index in [1.165, 1.54) is 18.3 Å². The molecule has 1 aromatic rings. The number of rotatable bonds is 4. The van der Waals surface area contributed by atoms with Gasteiger partial charge in [-0.1, -0.05) is 13.3 Å². The predicted molar refractivity (Wildman–Crippen MR) is 52.3 cm³/mol. The summed E-state index contributed by atoms with van der Waals surface area (Å²) in [7, 11) is 0. The van der Waals surface area contributed by atoms with Gasteiger partial charge < -0.3 is 5.32 Å². The number of halogens is 1. The first kappa shape index (κ1) is 10.6. The number of anilines is 1. The Morgan fingerprint density at radius 3 is 2.93 bits per heavy atom. The number of nitrogens with one attached hydrogen (secondary N) is 1. The Labute approximate surface area is 82.4 Å². The molecule has 1 aromatic heterocycles. The van der Waals surface area contributed by atoms with Crippen LogP contribution in [0.1, 0.15) is 26.2 Å². The van der Waals surface area contributed by atoms with Gasteiger partial charge in [-0.15, -0.1) is 0 Å². The van der Waals surface area contributed by atoms with Crippen LogP contribution in [0.3, 0.4) is 0 Å². The van der Waals surface area contributed by atoms with E-state index in [2.05, 4.69) is 10.3 Å². The molecule has 0 aliphatic rings. The largest absolute Gasteiger partial charge is 0.325 e. The van der Waals surface area contributed by atoms with Gasteiger partial charge in [0, 0.05) is 6.42 Å². The quantitative estimate of drug-likeness (QED) is 0.751. The van der Waals surface area contributed by atoms with Gasteiger partial charge in [0.05, 0.1) is 11.9 Å². The molecule has 0 radical (unpaired) electrons. The molecule has 0 fully saturated rings. The van der Waals surface area contributed by atoms with Crippen LogP contribution in [0.5, 0.6) is 0 Å². The molecule has 3 nitrogen and oxygen atoms in total. The molecule has 1 heterocycles. The van der Waals surface area contributed by atoms with Gasteiger partial charge in [-0.05, 0) is 18.6 Å². The van der Waals surface area contributed by atoms with Crippen molar-refractivity contribution < 1.29 is 9.18 Å². The molecule has 0 bridgehead atoms. The van der Waals surface area contributed by atoms with Gasteiger partial charge in [0.15, 0.2) is 0 Å². The summed E-state index contributed by atoms with van der Waals surface area (Å²) in [4.78, 5) is 14.7. The molecular weight excluding hydrogens is 183 g/mol. The third-order valence-electron chi connectivity index (χ3n) is 1.77. The predicted octanol–water partition coefficient (Wildman–Crippen LogP) is 2.35. The van der Waals surface area contributed by atoms with Crippen molar-refractivity contribution in [2.75, 3.05) is 5.32 Å². The van der Waals surface area contributed by atoms with Gasteiger partial charge in [-0.3, -0.25) is 4.79 Å². The lowest BCUT2D eigenvalue weighted by molar-refractivity contribution is -0.116. The minimum atomic E-state index is -0.545. The first-order chi connectivity index (χ1) is 6.72. The van der Waals surface area contributed by atoms with Crippen LogP contribution in [0.2, 0.25) is 0 Å². The zero-order valence-electron chi connectivity index (χ0n) is 8.09. The summed E-state index contributed by atoms with van der Waals surface area (Å²) in [6, 6.07) is 2.71. The van der Waals surface area contributed by atoms with Crippen molar-refractivity contribution in [1.29, 1.82) is 0 Å². The minimum absolute atomic E-state index is 0.0553. The lowest BCUT2D eigenvalue weighted by Gasteiger charge is -2.03. The molecule has 0 aliphatic carbocycles. The average Bonchev–Trinajstić information content (AvgIpc) is 2.18. The molecule has 76 valence electrons. The number of pyridine rings is 1. The lowest BCUT2D eigenvalue weighted by atomic mass is 10.2. The molecule has 4 heteroatoms. The Kier molecular flexibility index (Phi) is 4.04. The van der Waals surface area contributed by atoms with Crippen molar-refractivity contribution in [3.05, 3.63) is 24.3 Å². The molecule has 0 saturated carbocycles. The molecule has 1 rings (SSSR count). The second kappa shape index (κ2) is 5.32. The maximum atomic E-state index is 12.4. The number of nitrogens with zero attached hydrogens (tertiary/aromatic N) is 1. The van der Waals surface area contributed by atoms with Crippen LogP contribution >= 0.6 is 0 Å². The molecule has 0 spiro atoms. The van der Waals surface area contributed by atoms with E-state index in [0.29, 0.717) is 12.1 Å². The number of unbranched alkanes of at least 4 members (excludes halogenated alkanes) is 1. The third kappa shape index (κ3) is 3.51. The summed E-state index contributed by atoms with van der Waals surface area (Å²) >= 11 is 0. The van der Waals surface area contributed by atoms with Crippen molar-refractivity contribution >= 4 is 11.6 Å². The Hall–Kier alpha value is -1.45. The highest BCUT2D eigenvalue weighted by Gasteiger charge is 2.01. The molecule has 1 amide bonds. The van der Waals surface area contributed by atoms with Crippen molar-refractivity contribution in [3.8, 4) is 0 Å². The zero-order valence-corrected chi connectivity index (χ0v) is 8.09. The number of hydrogen-bond acceptors (Lipinski definition) is 2. The first-order valence-corrected chi connectivity index (χ1v) is 4.63. The van der Waals surface area contributed by atoms with Crippen LogP contribution in [0.25, 0.3) is 0 Å². The zero-order chi connectivity index (χ0) is 10.4. The van der Waals surface area contributed by atoms with Crippen LogP contribution in [-0.4, -0.2) is 10.9 Å². The van der Waals surface area contributed by atoms with Gasteiger partial charge >= 0.3 is 0 Å². The van der Waals surface area contributed by atoms with Crippen LogP contribution < -0.4 is 5.32 Å². The highest BCUT2D eigenvalue weighted by Crippen LogP contribution is 2.06. The fourth-order valence-corrected chi connectivity index (χ4v) is 1.01. The van der Waals surface area contributed by atoms with E-state index in [-0.39, 0.29) is 5.91 Å². The fourth-order valence-electron chi connectivity index (χ4n) is 1.01. The van der Waals surface area contributed by atoms with E-state index < -0.39 is 5.95 Å². The molecule has 1 N–H and O–H groups in total. The van der Waals surface area contributed by atoms with Gasteiger partial charge in [-0.2, -0.15) is 4.39 Å². The summed E-state index contributed by atoms with van der Waals surface area (Å²) in [5, 5.41) is 2.64. The number of carbonyl (C=O) groups excluding carboxylic acids is 1. The van der Waals surface area contributed by atoms with E-state index in [9.17, 15) is 9.18 Å². The highest BCUT2D eigenvalue weighted by molar-refractivity contribution is 5.90. The van der Waals surface area contributed by atoms with E-state index in [0.717, 1.165) is 12.8 Å². The summed E-state index contributed by atoms with van der Waals surface area (Å²) < 4.78 is 12.4. The second-order valence-electron chi connectivity index (χ2n) is 3.02. The van der Waals surface area contributed by atoms with Gasteiger partial charge in [0.1, 0.15) is 0 Å². The number of hydrogen-bond donors (Lipinski definition) is 1.